The number of hydrogen-bond donors (Lipinski definition) is 1. The van der Waals surface area contributed by atoms with Crippen molar-refractivity contribution in [2.45, 2.75) is 23.8 Å². The summed E-state index contributed by atoms with van der Waals surface area (Å²) in [6, 6.07) is 11.5. The molecule has 1 atom stereocenters. The predicted octanol–water partition coefficient (Wildman–Crippen LogP) is 3.69. The Balaban J connectivity index is 1.33. The first-order valence-corrected chi connectivity index (χ1v) is 13.1. The summed E-state index contributed by atoms with van der Waals surface area (Å²) in [5, 5.41) is 5.22. The molecule has 9 heteroatoms. The highest BCUT2D eigenvalue weighted by molar-refractivity contribution is 9.10. The molecule has 4 rings (SSSR count). The van der Waals surface area contributed by atoms with Crippen LogP contribution in [0.4, 0.5) is 5.69 Å². The second-order valence-corrected chi connectivity index (χ2v) is 11.1. The van der Waals surface area contributed by atoms with Crippen molar-refractivity contribution in [2.75, 3.05) is 44.2 Å². The molecule has 1 saturated heterocycles. The zero-order chi connectivity index (χ0) is 21.3. The van der Waals surface area contributed by atoms with Crippen LogP contribution in [0.1, 0.15) is 23.7 Å². The lowest BCUT2D eigenvalue weighted by Gasteiger charge is -2.37. The highest BCUT2D eigenvalue weighted by Crippen LogP contribution is 2.32. The molecule has 2 aromatic rings. The molecule has 0 radical (unpaired) electrons. The number of nitrogens with zero attached hydrogens (tertiary/aromatic N) is 2. The van der Waals surface area contributed by atoms with E-state index < -0.39 is 10.0 Å². The van der Waals surface area contributed by atoms with Gasteiger partial charge >= 0.3 is 0 Å². The summed E-state index contributed by atoms with van der Waals surface area (Å²) in [5.74, 6) is 0. The minimum atomic E-state index is -3.69. The summed E-state index contributed by atoms with van der Waals surface area (Å²) in [6.07, 6.45) is 2.13. The van der Waals surface area contributed by atoms with E-state index in [4.69, 9.17) is 9.88 Å². The van der Waals surface area contributed by atoms with Gasteiger partial charge in [0.15, 0.2) is 0 Å². The van der Waals surface area contributed by atoms with Crippen LogP contribution in [-0.4, -0.2) is 52.6 Å². The third-order valence-corrected chi connectivity index (χ3v) is 7.85. The maximum Gasteiger partial charge on any atom is 0.238 e. The topological polar surface area (TPSA) is 75.9 Å². The van der Waals surface area contributed by atoms with Crippen LogP contribution in [-0.2, 0) is 21.2 Å². The van der Waals surface area contributed by atoms with Crippen LogP contribution in [0.3, 0.4) is 0 Å². The minimum Gasteiger partial charge on any atom is -0.373 e. The summed E-state index contributed by atoms with van der Waals surface area (Å²) in [5.41, 5.74) is 3.71. The van der Waals surface area contributed by atoms with Gasteiger partial charge < -0.3 is 9.64 Å². The number of primary sulfonamides is 1. The second kappa shape index (κ2) is 9.26. The van der Waals surface area contributed by atoms with E-state index in [2.05, 4.69) is 59.9 Å². The highest BCUT2D eigenvalue weighted by atomic mass is 79.9. The normalized spacial score (nSPS) is 20.2. The van der Waals surface area contributed by atoms with E-state index in [1.807, 2.05) is 6.07 Å². The number of rotatable bonds is 5. The van der Waals surface area contributed by atoms with Crippen molar-refractivity contribution in [1.29, 1.82) is 0 Å². The Labute approximate surface area is 194 Å². The van der Waals surface area contributed by atoms with Gasteiger partial charge in [-0.25, -0.2) is 13.6 Å². The lowest BCUT2D eigenvalue weighted by atomic mass is 9.95. The molecule has 1 fully saturated rings. The van der Waals surface area contributed by atoms with Gasteiger partial charge in [-0.1, -0.05) is 22.0 Å². The van der Waals surface area contributed by atoms with Crippen LogP contribution in [0.5, 0.6) is 0 Å². The van der Waals surface area contributed by atoms with Crippen molar-refractivity contribution in [3.8, 4) is 0 Å². The van der Waals surface area contributed by atoms with Crippen LogP contribution in [0, 0.1) is 0 Å². The first-order valence-electron chi connectivity index (χ1n) is 10.0. The zero-order valence-corrected chi connectivity index (χ0v) is 20.5. The van der Waals surface area contributed by atoms with Gasteiger partial charge in [-0.2, -0.15) is 0 Å². The van der Waals surface area contributed by atoms with Crippen molar-refractivity contribution < 1.29 is 13.2 Å². The molecule has 0 aromatic heterocycles. The van der Waals surface area contributed by atoms with E-state index in [1.54, 1.807) is 12.1 Å². The van der Waals surface area contributed by atoms with E-state index in [9.17, 15) is 8.42 Å². The highest BCUT2D eigenvalue weighted by Gasteiger charge is 2.24. The first kappa shape index (κ1) is 22.2. The van der Waals surface area contributed by atoms with Gasteiger partial charge in [0.2, 0.25) is 10.0 Å². The number of halogens is 2. The maximum absolute atomic E-state index is 11.5. The average molecular weight is 559 g/mol. The Kier molecular flexibility index (Phi) is 6.86. The number of anilines is 1. The molecular formula is C21H25Br2N3O3S. The molecule has 2 heterocycles. The predicted molar refractivity (Wildman–Crippen MR) is 125 cm³/mol. The van der Waals surface area contributed by atoms with Crippen molar-refractivity contribution in [1.82, 2.24) is 4.90 Å². The Morgan fingerprint density at radius 3 is 2.53 bits per heavy atom. The van der Waals surface area contributed by atoms with E-state index in [-0.39, 0.29) is 11.0 Å². The summed E-state index contributed by atoms with van der Waals surface area (Å²) in [6.45, 7) is 5.49. The quantitative estimate of drug-likeness (QED) is 0.606. The largest absolute Gasteiger partial charge is 0.373 e. The Morgan fingerprint density at radius 2 is 1.83 bits per heavy atom. The van der Waals surface area contributed by atoms with Gasteiger partial charge in [-0.05, 0) is 70.2 Å². The molecule has 162 valence electrons. The third kappa shape index (κ3) is 5.08. The number of piperazine rings is 1. The van der Waals surface area contributed by atoms with Gasteiger partial charge in [0.1, 0.15) is 0 Å². The molecule has 2 aromatic carbocycles. The summed E-state index contributed by atoms with van der Waals surface area (Å²) in [7, 11) is -3.69. The minimum absolute atomic E-state index is 0.122. The zero-order valence-electron chi connectivity index (χ0n) is 16.6. The fourth-order valence-electron chi connectivity index (χ4n) is 4.18. The van der Waals surface area contributed by atoms with Crippen LogP contribution < -0.4 is 10.0 Å². The molecule has 0 spiro atoms. The van der Waals surface area contributed by atoms with Crippen LogP contribution in [0.25, 0.3) is 0 Å². The van der Waals surface area contributed by atoms with Gasteiger partial charge in [0.05, 0.1) is 23.3 Å². The van der Waals surface area contributed by atoms with Crippen LogP contribution >= 0.6 is 31.9 Å². The lowest BCUT2D eigenvalue weighted by Crippen LogP contribution is -2.47. The number of ether oxygens (including phenoxy) is 1. The van der Waals surface area contributed by atoms with E-state index in [1.165, 1.54) is 11.1 Å². The standard InChI is InChI=1S/C21H25Br2N3O3S/c22-16-1-3-18-15(13-16)6-12-29-21(18)5-7-25-8-10-26(11-9-25)20-4-2-17(14-19(20)23)30(24,27)28/h1-4,13-14,21H,5-12H2,(H2,24,27,28). The number of nitrogens with two attached hydrogens (primary N) is 1. The van der Waals surface area contributed by atoms with Crippen molar-refractivity contribution in [3.63, 3.8) is 0 Å². The number of hydrogen-bond acceptors (Lipinski definition) is 5. The molecule has 0 bridgehead atoms. The molecule has 6 nitrogen and oxygen atoms in total. The third-order valence-electron chi connectivity index (χ3n) is 5.81. The Morgan fingerprint density at radius 1 is 1.07 bits per heavy atom. The SMILES string of the molecule is NS(=O)(=O)c1ccc(N2CCN(CCC3OCCc4cc(Br)ccc43)CC2)c(Br)c1. The smallest absolute Gasteiger partial charge is 0.238 e. The molecule has 0 saturated carbocycles. The Bertz CT molecular complexity index is 1020. The molecule has 0 aliphatic carbocycles. The van der Waals surface area contributed by atoms with Gasteiger partial charge in [0, 0.05) is 41.7 Å². The van der Waals surface area contributed by atoms with Gasteiger partial charge in [-0.3, -0.25) is 4.90 Å². The number of fused-ring (bicyclic) bond motifs is 1. The van der Waals surface area contributed by atoms with Crippen molar-refractivity contribution >= 4 is 47.6 Å². The fourth-order valence-corrected chi connectivity index (χ4v) is 5.91. The molecule has 2 aliphatic heterocycles. The summed E-state index contributed by atoms with van der Waals surface area (Å²) >= 11 is 7.06. The van der Waals surface area contributed by atoms with Gasteiger partial charge in [-0.15, -0.1) is 0 Å². The molecule has 1 unspecified atom stereocenters. The van der Waals surface area contributed by atoms with E-state index in [0.717, 1.165) is 66.8 Å². The number of benzene rings is 2. The molecule has 2 N–H and O–H groups in total. The fraction of sp³-hybridized carbons (Fsp3) is 0.429. The monoisotopic (exact) mass is 557 g/mol. The average Bonchev–Trinajstić information content (AvgIpc) is 2.71. The van der Waals surface area contributed by atoms with E-state index >= 15 is 0 Å². The molecule has 2 aliphatic rings. The molecule has 0 amide bonds. The number of sulfonamides is 1. The van der Waals surface area contributed by atoms with Gasteiger partial charge in [0.25, 0.3) is 0 Å². The maximum atomic E-state index is 11.5. The van der Waals surface area contributed by atoms with Crippen molar-refractivity contribution in [2.24, 2.45) is 5.14 Å². The molecular weight excluding hydrogens is 534 g/mol. The van der Waals surface area contributed by atoms with E-state index in [0.29, 0.717) is 0 Å². The summed E-state index contributed by atoms with van der Waals surface area (Å²) < 4.78 is 31.0. The molecule has 30 heavy (non-hydrogen) atoms. The summed E-state index contributed by atoms with van der Waals surface area (Å²) in [4.78, 5) is 4.87. The first-order chi connectivity index (χ1) is 14.3. The van der Waals surface area contributed by atoms with Crippen LogP contribution in [0.2, 0.25) is 0 Å². The van der Waals surface area contributed by atoms with Crippen molar-refractivity contribution in [3.05, 3.63) is 56.5 Å². The van der Waals surface area contributed by atoms with Crippen LogP contribution in [0.15, 0.2) is 50.2 Å². The Hall–Kier alpha value is -0.970. The second-order valence-electron chi connectivity index (χ2n) is 7.73. The lowest BCUT2D eigenvalue weighted by molar-refractivity contribution is 0.0289.